The molecule has 0 aromatic carbocycles. The van der Waals surface area contributed by atoms with Gasteiger partial charge in [0.15, 0.2) is 5.82 Å². The number of hydrogen-bond donors (Lipinski definition) is 1. The molecule has 11 nitrogen and oxygen atoms in total. The Morgan fingerprint density at radius 1 is 1.36 bits per heavy atom. The molecule has 11 heteroatoms. The molecule has 3 aliphatic rings. The number of rotatable bonds is 8. The lowest BCUT2D eigenvalue weighted by molar-refractivity contribution is -0.136. The lowest BCUT2D eigenvalue weighted by Crippen LogP contribution is -2.59. The van der Waals surface area contributed by atoms with Crippen LogP contribution in [0, 0.1) is 16.7 Å². The third-order valence-electron chi connectivity index (χ3n) is 7.57. The van der Waals surface area contributed by atoms with E-state index in [4.69, 9.17) is 9.72 Å². The van der Waals surface area contributed by atoms with E-state index in [0.717, 1.165) is 32.4 Å². The van der Waals surface area contributed by atoms with Crippen LogP contribution in [0.4, 0.5) is 5.82 Å². The molecular weight excluding hydrogens is 460 g/mol. The first-order valence-electron chi connectivity index (χ1n) is 12.4. The van der Waals surface area contributed by atoms with Crippen LogP contribution < -0.4 is 9.64 Å². The number of aliphatic hydroxyl groups excluding tert-OH is 1. The number of aromatic nitrogens is 4. The molecule has 3 fully saturated rings. The Hall–Kier alpha value is -3.49. The molecule has 0 radical (unpaired) electrons. The fraction of sp³-hybridized carbons (Fsp3) is 0.560. The number of anilines is 1. The molecule has 1 amide bonds. The molecule has 1 atom stereocenters. The number of carbonyl (C=O) groups is 1. The highest BCUT2D eigenvalue weighted by Crippen LogP contribution is 2.42. The standard InChI is InChI=1S/C25H32N8O3/c1-3-21(35)32-16-25(17-32)6-8-31(15-25)23-20(11-26)22(18-12-27-33(13-18)9-10-34)28-24(29-23)36-14-19-5-4-7-30(19)2/h3,12-13,19,34H,1,4-10,14-17H2,2H3/t19-/m0/s1. The van der Waals surface area contributed by atoms with E-state index in [2.05, 4.69) is 39.6 Å². The number of aliphatic hydroxyl groups is 1. The van der Waals surface area contributed by atoms with Gasteiger partial charge in [0.25, 0.3) is 0 Å². The molecule has 1 spiro atoms. The molecule has 0 aliphatic carbocycles. The summed E-state index contributed by atoms with van der Waals surface area (Å²) in [5.74, 6) is 0.506. The van der Waals surface area contributed by atoms with Crippen LogP contribution in [0.1, 0.15) is 24.8 Å². The zero-order chi connectivity index (χ0) is 25.3. The second-order valence-electron chi connectivity index (χ2n) is 10.0. The van der Waals surface area contributed by atoms with E-state index in [9.17, 15) is 15.2 Å². The summed E-state index contributed by atoms with van der Waals surface area (Å²) in [6.45, 7) is 8.22. The molecular formula is C25H32N8O3. The minimum Gasteiger partial charge on any atom is -0.462 e. The van der Waals surface area contributed by atoms with Crippen molar-refractivity contribution in [3.05, 3.63) is 30.6 Å². The minimum absolute atomic E-state index is 0.00387. The molecule has 1 N–H and O–H groups in total. The summed E-state index contributed by atoms with van der Waals surface area (Å²) in [4.78, 5) is 27.5. The normalized spacial score (nSPS) is 21.0. The Balaban J connectivity index is 1.44. The van der Waals surface area contributed by atoms with Crippen molar-refractivity contribution in [3.63, 3.8) is 0 Å². The molecule has 3 aliphatic heterocycles. The Labute approximate surface area is 210 Å². The predicted octanol–water partition coefficient (Wildman–Crippen LogP) is 0.902. The molecule has 190 valence electrons. The maximum atomic E-state index is 12.0. The number of nitrogens with zero attached hydrogens (tertiary/aromatic N) is 8. The summed E-state index contributed by atoms with van der Waals surface area (Å²) < 4.78 is 7.72. The summed E-state index contributed by atoms with van der Waals surface area (Å²) in [7, 11) is 2.09. The van der Waals surface area contributed by atoms with Crippen LogP contribution in [0.5, 0.6) is 6.01 Å². The van der Waals surface area contributed by atoms with Gasteiger partial charge in [-0.1, -0.05) is 6.58 Å². The van der Waals surface area contributed by atoms with Crippen molar-refractivity contribution in [3.8, 4) is 23.3 Å². The van der Waals surface area contributed by atoms with Crippen LogP contribution in [0.15, 0.2) is 25.0 Å². The van der Waals surface area contributed by atoms with Gasteiger partial charge in [-0.3, -0.25) is 9.48 Å². The van der Waals surface area contributed by atoms with E-state index in [-0.39, 0.29) is 23.9 Å². The number of ether oxygens (including phenoxy) is 1. The molecule has 5 heterocycles. The Morgan fingerprint density at radius 3 is 2.89 bits per heavy atom. The third kappa shape index (κ3) is 4.54. The number of carbonyl (C=O) groups excluding carboxylic acids is 1. The van der Waals surface area contributed by atoms with Gasteiger partial charge in [-0.2, -0.15) is 20.3 Å². The molecule has 3 saturated heterocycles. The number of nitriles is 1. The van der Waals surface area contributed by atoms with Crippen LogP contribution in [-0.4, -0.2) is 99.6 Å². The van der Waals surface area contributed by atoms with E-state index < -0.39 is 0 Å². The van der Waals surface area contributed by atoms with Crippen molar-refractivity contribution in [1.82, 2.24) is 29.5 Å². The van der Waals surface area contributed by atoms with Gasteiger partial charge >= 0.3 is 6.01 Å². The quantitative estimate of drug-likeness (QED) is 0.535. The Bertz CT molecular complexity index is 1180. The predicted molar refractivity (Wildman–Crippen MR) is 132 cm³/mol. The van der Waals surface area contributed by atoms with E-state index in [0.29, 0.717) is 61.5 Å². The lowest BCUT2D eigenvalue weighted by Gasteiger charge is -2.47. The zero-order valence-corrected chi connectivity index (χ0v) is 20.6. The largest absolute Gasteiger partial charge is 0.462 e. The van der Waals surface area contributed by atoms with Gasteiger partial charge in [-0.15, -0.1) is 0 Å². The van der Waals surface area contributed by atoms with Gasteiger partial charge < -0.3 is 24.5 Å². The second-order valence-corrected chi connectivity index (χ2v) is 10.0. The minimum atomic E-state index is -0.0476. The van der Waals surface area contributed by atoms with Gasteiger partial charge in [0.1, 0.15) is 23.9 Å². The van der Waals surface area contributed by atoms with Gasteiger partial charge in [0.2, 0.25) is 5.91 Å². The van der Waals surface area contributed by atoms with Crippen LogP contribution in [0.25, 0.3) is 11.3 Å². The topological polar surface area (TPSA) is 124 Å². The van der Waals surface area contributed by atoms with Crippen molar-refractivity contribution in [1.29, 1.82) is 5.26 Å². The summed E-state index contributed by atoms with van der Waals surface area (Å²) in [6, 6.07) is 2.87. The molecule has 2 aromatic rings. The highest BCUT2D eigenvalue weighted by atomic mass is 16.5. The van der Waals surface area contributed by atoms with Crippen molar-refractivity contribution in [2.45, 2.75) is 31.8 Å². The summed E-state index contributed by atoms with van der Waals surface area (Å²) in [5, 5.41) is 23.7. The fourth-order valence-corrected chi connectivity index (χ4v) is 5.53. The number of likely N-dealkylation sites (N-methyl/N-ethyl adjacent to an activating group) is 1. The molecule has 0 bridgehead atoms. The first kappa shape index (κ1) is 24.2. The monoisotopic (exact) mass is 492 g/mol. The Morgan fingerprint density at radius 2 is 2.19 bits per heavy atom. The van der Waals surface area contributed by atoms with E-state index in [1.165, 1.54) is 6.08 Å². The van der Waals surface area contributed by atoms with Crippen LogP contribution >= 0.6 is 0 Å². The van der Waals surface area contributed by atoms with Crippen LogP contribution in [0.3, 0.4) is 0 Å². The van der Waals surface area contributed by atoms with Gasteiger partial charge in [0, 0.05) is 49.4 Å². The van der Waals surface area contributed by atoms with Gasteiger partial charge in [-0.05, 0) is 38.9 Å². The SMILES string of the molecule is C=CC(=O)N1CC2(CCN(c3nc(OC[C@@H]4CCCN4C)nc(-c4cnn(CCO)c4)c3C#N)C2)C1. The summed E-state index contributed by atoms with van der Waals surface area (Å²) >= 11 is 0. The number of amides is 1. The van der Waals surface area contributed by atoms with E-state index >= 15 is 0 Å². The lowest BCUT2D eigenvalue weighted by atomic mass is 9.79. The van der Waals surface area contributed by atoms with Gasteiger partial charge in [-0.25, -0.2) is 0 Å². The highest BCUT2D eigenvalue weighted by molar-refractivity contribution is 5.87. The Kier molecular flexibility index (Phi) is 6.64. The molecule has 5 rings (SSSR count). The van der Waals surface area contributed by atoms with E-state index in [1.807, 2.05) is 0 Å². The zero-order valence-electron chi connectivity index (χ0n) is 20.6. The van der Waals surface area contributed by atoms with E-state index in [1.54, 1.807) is 22.0 Å². The summed E-state index contributed by atoms with van der Waals surface area (Å²) in [6.07, 6.45) is 7.89. The molecule has 2 aromatic heterocycles. The van der Waals surface area contributed by atoms with Crippen molar-refractivity contribution in [2.24, 2.45) is 5.41 Å². The van der Waals surface area contributed by atoms with Crippen LogP contribution in [0.2, 0.25) is 0 Å². The van der Waals surface area contributed by atoms with Crippen molar-refractivity contribution < 1.29 is 14.6 Å². The average Bonchev–Trinajstić information content (AvgIpc) is 3.61. The smallest absolute Gasteiger partial charge is 0.319 e. The second kappa shape index (κ2) is 9.87. The fourth-order valence-electron chi connectivity index (χ4n) is 5.53. The number of hydrogen-bond acceptors (Lipinski definition) is 9. The maximum absolute atomic E-state index is 12.0. The maximum Gasteiger partial charge on any atom is 0.319 e. The first-order chi connectivity index (χ1) is 17.4. The first-order valence-corrected chi connectivity index (χ1v) is 12.4. The van der Waals surface area contributed by atoms with Crippen LogP contribution in [-0.2, 0) is 11.3 Å². The molecule has 0 saturated carbocycles. The average molecular weight is 493 g/mol. The third-order valence-corrected chi connectivity index (χ3v) is 7.57. The highest BCUT2D eigenvalue weighted by Gasteiger charge is 2.49. The van der Waals surface area contributed by atoms with Gasteiger partial charge in [0.05, 0.1) is 19.3 Å². The van der Waals surface area contributed by atoms with Crippen molar-refractivity contribution in [2.75, 3.05) is 57.9 Å². The summed E-state index contributed by atoms with van der Waals surface area (Å²) in [5.41, 5.74) is 1.52. The molecule has 36 heavy (non-hydrogen) atoms. The van der Waals surface area contributed by atoms with Crippen molar-refractivity contribution >= 4 is 11.7 Å². The molecule has 0 unspecified atom stereocenters. The number of likely N-dealkylation sites (tertiary alicyclic amines) is 2.